The SMILES string of the molecule is O=C(C1CCN(c2ccc3c(c2)CCC2(CCN(C4CCC4)CC2)O3)CC1)N1CCCC1. The Morgan fingerprint density at radius 3 is 2.31 bits per heavy atom. The van der Waals surface area contributed by atoms with Gasteiger partial charge in [-0.25, -0.2) is 0 Å². The van der Waals surface area contributed by atoms with E-state index < -0.39 is 0 Å². The maximum atomic E-state index is 12.7. The van der Waals surface area contributed by atoms with Crippen LogP contribution in [0, 0.1) is 5.92 Å². The summed E-state index contributed by atoms with van der Waals surface area (Å²) in [5.74, 6) is 1.77. The van der Waals surface area contributed by atoms with E-state index in [9.17, 15) is 4.79 Å². The quantitative estimate of drug-likeness (QED) is 0.709. The van der Waals surface area contributed by atoms with Gasteiger partial charge >= 0.3 is 0 Å². The lowest BCUT2D eigenvalue weighted by Gasteiger charge is -2.48. The molecule has 0 atom stereocenters. The van der Waals surface area contributed by atoms with E-state index in [1.54, 1.807) is 0 Å². The summed E-state index contributed by atoms with van der Waals surface area (Å²) >= 11 is 0. The smallest absolute Gasteiger partial charge is 0.225 e. The van der Waals surface area contributed by atoms with Crippen molar-refractivity contribution in [1.82, 2.24) is 9.80 Å². The van der Waals surface area contributed by atoms with E-state index in [4.69, 9.17) is 4.74 Å². The lowest BCUT2D eigenvalue weighted by Crippen LogP contribution is -2.53. The molecular weight excluding hydrogens is 398 g/mol. The van der Waals surface area contributed by atoms with Crippen LogP contribution in [0.25, 0.3) is 0 Å². The van der Waals surface area contributed by atoms with Crippen molar-refractivity contribution in [1.29, 1.82) is 0 Å². The molecular formula is C27H39N3O2. The highest BCUT2D eigenvalue weighted by atomic mass is 16.5. The maximum absolute atomic E-state index is 12.7. The Kier molecular flexibility index (Phi) is 5.57. The number of fused-ring (bicyclic) bond motifs is 1. The molecule has 0 unspecified atom stereocenters. The summed E-state index contributed by atoms with van der Waals surface area (Å²) in [6.07, 6.45) is 13.2. The van der Waals surface area contributed by atoms with E-state index in [-0.39, 0.29) is 11.5 Å². The second-order valence-corrected chi connectivity index (χ2v) is 11.0. The first-order valence-electron chi connectivity index (χ1n) is 13.3. The number of ether oxygens (including phenoxy) is 1. The molecule has 0 N–H and O–H groups in total. The van der Waals surface area contributed by atoms with Gasteiger partial charge in [-0.2, -0.15) is 0 Å². The van der Waals surface area contributed by atoms with Gasteiger partial charge in [0.2, 0.25) is 5.91 Å². The molecule has 1 spiro atoms. The number of carbonyl (C=O) groups is 1. The first-order chi connectivity index (χ1) is 15.7. The van der Waals surface area contributed by atoms with E-state index in [1.807, 2.05) is 0 Å². The number of benzene rings is 1. The Labute approximate surface area is 193 Å². The highest BCUT2D eigenvalue weighted by Gasteiger charge is 2.41. The van der Waals surface area contributed by atoms with Crippen LogP contribution in [0.1, 0.15) is 69.8 Å². The summed E-state index contributed by atoms with van der Waals surface area (Å²) in [7, 11) is 0. The van der Waals surface area contributed by atoms with Gasteiger partial charge in [0.1, 0.15) is 11.4 Å². The summed E-state index contributed by atoms with van der Waals surface area (Å²) in [6.45, 7) is 6.36. The Morgan fingerprint density at radius 2 is 1.62 bits per heavy atom. The van der Waals surface area contributed by atoms with E-state index >= 15 is 0 Å². The Morgan fingerprint density at radius 1 is 0.875 bits per heavy atom. The minimum Gasteiger partial charge on any atom is -0.487 e. The van der Waals surface area contributed by atoms with Gasteiger partial charge in [-0.05, 0) is 88.0 Å². The topological polar surface area (TPSA) is 36.0 Å². The van der Waals surface area contributed by atoms with E-state index in [0.29, 0.717) is 5.91 Å². The predicted octanol–water partition coefficient (Wildman–Crippen LogP) is 4.24. The average Bonchev–Trinajstić information content (AvgIpc) is 3.34. The summed E-state index contributed by atoms with van der Waals surface area (Å²) in [4.78, 5) is 20.0. The molecule has 1 aromatic rings. The molecule has 1 saturated carbocycles. The molecule has 174 valence electrons. The molecule has 5 heteroatoms. The van der Waals surface area contributed by atoms with Crippen molar-refractivity contribution < 1.29 is 9.53 Å². The summed E-state index contributed by atoms with van der Waals surface area (Å²) in [5, 5.41) is 0. The molecule has 4 heterocycles. The van der Waals surface area contributed by atoms with Crippen molar-refractivity contribution in [2.75, 3.05) is 44.2 Å². The Balaban J connectivity index is 1.06. The van der Waals surface area contributed by atoms with Crippen LogP contribution >= 0.6 is 0 Å². The molecule has 1 aromatic carbocycles. The summed E-state index contributed by atoms with van der Waals surface area (Å²) in [6, 6.07) is 7.71. The predicted molar refractivity (Wildman–Crippen MR) is 127 cm³/mol. The molecule has 5 aliphatic rings. The number of aryl methyl sites for hydroxylation is 1. The van der Waals surface area contributed by atoms with Gasteiger partial charge < -0.3 is 19.4 Å². The molecule has 5 nitrogen and oxygen atoms in total. The largest absolute Gasteiger partial charge is 0.487 e. The number of amides is 1. The fourth-order valence-corrected chi connectivity index (χ4v) is 6.69. The van der Waals surface area contributed by atoms with Gasteiger partial charge in [0, 0.05) is 56.9 Å². The van der Waals surface area contributed by atoms with Gasteiger partial charge in [-0.15, -0.1) is 0 Å². The third-order valence-corrected chi connectivity index (χ3v) is 9.15. The lowest BCUT2D eigenvalue weighted by molar-refractivity contribution is -0.135. The summed E-state index contributed by atoms with van der Waals surface area (Å²) < 4.78 is 6.69. The zero-order chi connectivity index (χ0) is 21.5. The van der Waals surface area contributed by atoms with Crippen LogP contribution in [0.4, 0.5) is 5.69 Å². The molecule has 6 rings (SSSR count). The zero-order valence-electron chi connectivity index (χ0n) is 19.6. The number of anilines is 1. The number of likely N-dealkylation sites (tertiary alicyclic amines) is 2. The molecule has 4 fully saturated rings. The third-order valence-electron chi connectivity index (χ3n) is 9.15. The highest BCUT2D eigenvalue weighted by Crippen LogP contribution is 2.42. The molecule has 0 aromatic heterocycles. The second-order valence-electron chi connectivity index (χ2n) is 11.0. The molecule has 0 radical (unpaired) electrons. The maximum Gasteiger partial charge on any atom is 0.225 e. The normalized spacial score (nSPS) is 26.6. The number of piperidine rings is 2. The zero-order valence-corrected chi connectivity index (χ0v) is 19.6. The number of nitrogens with zero attached hydrogens (tertiary/aromatic N) is 3. The van der Waals surface area contributed by atoms with E-state index in [2.05, 4.69) is 32.9 Å². The lowest BCUT2D eigenvalue weighted by atomic mass is 9.81. The minimum absolute atomic E-state index is 0.0725. The number of carbonyl (C=O) groups excluding carboxylic acids is 1. The van der Waals surface area contributed by atoms with Crippen LogP contribution in [-0.2, 0) is 11.2 Å². The fourth-order valence-electron chi connectivity index (χ4n) is 6.69. The highest BCUT2D eigenvalue weighted by molar-refractivity contribution is 5.79. The second kappa shape index (κ2) is 8.55. The number of hydrogen-bond donors (Lipinski definition) is 0. The number of rotatable bonds is 3. The monoisotopic (exact) mass is 437 g/mol. The minimum atomic E-state index is 0.0725. The van der Waals surface area contributed by atoms with Crippen LogP contribution in [0.3, 0.4) is 0 Å². The number of hydrogen-bond acceptors (Lipinski definition) is 4. The molecule has 3 saturated heterocycles. The van der Waals surface area contributed by atoms with E-state index in [0.717, 1.165) is 63.7 Å². The van der Waals surface area contributed by atoms with Crippen molar-refractivity contribution in [2.45, 2.75) is 82.3 Å². The molecule has 32 heavy (non-hydrogen) atoms. The van der Waals surface area contributed by atoms with Gasteiger partial charge in [0.05, 0.1) is 0 Å². The van der Waals surface area contributed by atoms with Crippen LogP contribution in [-0.4, -0.2) is 66.6 Å². The van der Waals surface area contributed by atoms with Crippen molar-refractivity contribution in [2.24, 2.45) is 5.92 Å². The molecule has 0 bridgehead atoms. The van der Waals surface area contributed by atoms with Crippen LogP contribution in [0.2, 0.25) is 0 Å². The molecule has 1 amide bonds. The average molecular weight is 438 g/mol. The van der Waals surface area contributed by atoms with Crippen LogP contribution in [0.15, 0.2) is 18.2 Å². The van der Waals surface area contributed by atoms with Crippen molar-refractivity contribution >= 4 is 11.6 Å². The van der Waals surface area contributed by atoms with Gasteiger partial charge in [-0.1, -0.05) is 6.42 Å². The summed E-state index contributed by atoms with van der Waals surface area (Å²) in [5.41, 5.74) is 2.77. The first kappa shape index (κ1) is 20.8. The van der Waals surface area contributed by atoms with Gasteiger partial charge in [-0.3, -0.25) is 4.79 Å². The van der Waals surface area contributed by atoms with Crippen LogP contribution in [0.5, 0.6) is 5.75 Å². The Bertz CT molecular complexity index is 829. The van der Waals surface area contributed by atoms with Crippen molar-refractivity contribution in [3.05, 3.63) is 23.8 Å². The standard InChI is InChI=1S/C27H39N3O2/c31-26(30-14-1-2-15-30)21-9-16-28(17-10-21)24-6-7-25-22(20-24)8-11-27(32-25)12-18-29(19-13-27)23-4-3-5-23/h6-7,20-21,23H,1-5,8-19H2. The Hall–Kier alpha value is -1.75. The van der Waals surface area contributed by atoms with E-state index in [1.165, 1.54) is 69.3 Å². The molecule has 4 aliphatic heterocycles. The van der Waals surface area contributed by atoms with Crippen molar-refractivity contribution in [3.8, 4) is 5.75 Å². The van der Waals surface area contributed by atoms with Gasteiger partial charge in [0.15, 0.2) is 0 Å². The van der Waals surface area contributed by atoms with Crippen LogP contribution < -0.4 is 9.64 Å². The van der Waals surface area contributed by atoms with Gasteiger partial charge in [0.25, 0.3) is 0 Å². The third kappa shape index (κ3) is 3.91. The fraction of sp³-hybridized carbons (Fsp3) is 0.741. The first-order valence-corrected chi connectivity index (χ1v) is 13.3. The molecule has 1 aliphatic carbocycles. The van der Waals surface area contributed by atoms with Crippen molar-refractivity contribution in [3.63, 3.8) is 0 Å².